The summed E-state index contributed by atoms with van der Waals surface area (Å²) in [4.78, 5) is 16.0. The second-order valence-electron chi connectivity index (χ2n) is 10.1. The van der Waals surface area contributed by atoms with E-state index in [0.717, 1.165) is 24.3 Å². The van der Waals surface area contributed by atoms with Crippen LogP contribution in [0.2, 0.25) is 0 Å². The highest BCUT2D eigenvalue weighted by Gasteiger charge is 2.45. The number of aromatic nitrogens is 1. The van der Waals surface area contributed by atoms with Crippen LogP contribution < -0.4 is 0 Å². The number of aliphatic hydroxyl groups excluding tert-OH is 1. The van der Waals surface area contributed by atoms with Crippen LogP contribution in [0, 0.1) is 21.8 Å². The van der Waals surface area contributed by atoms with Crippen molar-refractivity contribution in [1.29, 1.82) is 0 Å². The Bertz CT molecular complexity index is 1320. The van der Waals surface area contributed by atoms with Gasteiger partial charge in [0.1, 0.15) is 18.1 Å². The van der Waals surface area contributed by atoms with Crippen LogP contribution in [0.25, 0.3) is 11.1 Å². The van der Waals surface area contributed by atoms with Gasteiger partial charge in [0.05, 0.1) is 5.56 Å². The molecule has 1 N–H and O–H groups in total. The van der Waals surface area contributed by atoms with Crippen LogP contribution in [0.3, 0.4) is 0 Å². The number of rotatable bonds is 6. The highest BCUT2D eigenvalue weighted by atomic mass is 19.4. The Morgan fingerprint density at radius 3 is 2.24 bits per heavy atom. The minimum absolute atomic E-state index is 0.0211. The first-order chi connectivity index (χ1) is 17.8. The minimum Gasteiger partial charge on any atom is -0.381 e. The van der Waals surface area contributed by atoms with E-state index in [4.69, 9.17) is 4.98 Å². The molecule has 5 nitrogen and oxygen atoms in total. The fourth-order valence-electron chi connectivity index (χ4n) is 5.22. The van der Waals surface area contributed by atoms with E-state index in [1.807, 2.05) is 13.8 Å². The fourth-order valence-corrected chi connectivity index (χ4v) is 5.22. The Labute approximate surface area is 216 Å². The predicted molar refractivity (Wildman–Crippen MR) is 131 cm³/mol. The van der Waals surface area contributed by atoms with Gasteiger partial charge in [-0.15, -0.1) is 0 Å². The number of hydrogen-bond acceptors (Lipinski definition) is 4. The van der Waals surface area contributed by atoms with Gasteiger partial charge in [-0.1, -0.05) is 45.0 Å². The van der Waals surface area contributed by atoms with Crippen LogP contribution in [0.4, 0.5) is 22.0 Å². The van der Waals surface area contributed by atoms with Gasteiger partial charge in [-0.2, -0.15) is 13.2 Å². The van der Waals surface area contributed by atoms with Crippen molar-refractivity contribution in [2.24, 2.45) is 5.92 Å². The zero-order valence-electron chi connectivity index (χ0n) is 21.0. The summed E-state index contributed by atoms with van der Waals surface area (Å²) in [6.07, 6.45) is -7.93. The predicted octanol–water partition coefficient (Wildman–Crippen LogP) is 7.15. The van der Waals surface area contributed by atoms with Gasteiger partial charge in [-0.3, -0.25) is 15.1 Å². The van der Waals surface area contributed by atoms with Crippen molar-refractivity contribution in [3.05, 3.63) is 98.1 Å². The fraction of sp³-hybridized carbons (Fsp3) is 0.393. The molecule has 4 rings (SSSR count). The topological polar surface area (TPSA) is 76.3 Å². The molecule has 1 aromatic heterocycles. The van der Waals surface area contributed by atoms with Gasteiger partial charge >= 0.3 is 6.18 Å². The van der Waals surface area contributed by atoms with E-state index >= 15 is 4.39 Å². The molecule has 10 heteroatoms. The van der Waals surface area contributed by atoms with E-state index in [9.17, 15) is 32.8 Å². The standard InChI is InChI=1S/C28H27F5N2O3/c1-14(2)25-20(13-21(30)16-4-8-18(9-5-16)28(31,32)33)23(17-6-10-19(29)11-7-17)24-22(34-25)12-15(3)26(27(24)36)35(37)38/h4-11,14-15,21,26-27,36H,12-13H2,1-3H3. The molecule has 4 atom stereocenters. The van der Waals surface area contributed by atoms with E-state index < -0.39 is 46.7 Å². The summed E-state index contributed by atoms with van der Waals surface area (Å²) < 4.78 is 68.5. The monoisotopic (exact) mass is 534 g/mol. The van der Waals surface area contributed by atoms with E-state index in [1.54, 1.807) is 6.92 Å². The van der Waals surface area contributed by atoms with Crippen molar-refractivity contribution < 1.29 is 32.0 Å². The molecule has 0 fully saturated rings. The molecular formula is C28H27F5N2O3. The average Bonchev–Trinajstić information content (AvgIpc) is 2.83. The molecule has 0 bridgehead atoms. The summed E-state index contributed by atoms with van der Waals surface area (Å²) in [5, 5.41) is 23.0. The second kappa shape index (κ2) is 10.4. The second-order valence-corrected chi connectivity index (χ2v) is 10.1. The molecule has 38 heavy (non-hydrogen) atoms. The molecule has 0 saturated heterocycles. The Hall–Kier alpha value is -3.40. The zero-order chi connectivity index (χ0) is 27.9. The molecular weight excluding hydrogens is 507 g/mol. The maximum Gasteiger partial charge on any atom is 0.416 e. The number of nitrogens with zero attached hydrogens (tertiary/aromatic N) is 2. The number of hydrogen-bond donors (Lipinski definition) is 1. The van der Waals surface area contributed by atoms with E-state index in [-0.39, 0.29) is 29.9 Å². The lowest BCUT2D eigenvalue weighted by Gasteiger charge is -2.33. The highest BCUT2D eigenvalue weighted by Crippen LogP contribution is 2.45. The first-order valence-electron chi connectivity index (χ1n) is 12.2. The number of pyridine rings is 1. The lowest BCUT2D eigenvalue weighted by atomic mass is 9.76. The quantitative estimate of drug-likeness (QED) is 0.207. The molecule has 202 valence electrons. The number of alkyl halides is 4. The molecule has 0 spiro atoms. The molecule has 0 radical (unpaired) electrons. The summed E-state index contributed by atoms with van der Waals surface area (Å²) in [6, 6.07) is 7.76. The smallest absolute Gasteiger partial charge is 0.381 e. The van der Waals surface area contributed by atoms with Crippen LogP contribution in [0.1, 0.15) is 72.6 Å². The lowest BCUT2D eigenvalue weighted by Crippen LogP contribution is -2.40. The van der Waals surface area contributed by atoms with Gasteiger partial charge in [0.15, 0.2) is 0 Å². The van der Waals surface area contributed by atoms with Crippen molar-refractivity contribution in [3.8, 4) is 11.1 Å². The maximum atomic E-state index is 15.7. The summed E-state index contributed by atoms with van der Waals surface area (Å²) >= 11 is 0. The third kappa shape index (κ3) is 5.27. The highest BCUT2D eigenvalue weighted by molar-refractivity contribution is 5.74. The number of halogens is 5. The lowest BCUT2D eigenvalue weighted by molar-refractivity contribution is -0.546. The third-order valence-corrected chi connectivity index (χ3v) is 7.07. The molecule has 0 aliphatic heterocycles. The molecule has 1 aliphatic carbocycles. The Kier molecular flexibility index (Phi) is 7.56. The zero-order valence-corrected chi connectivity index (χ0v) is 21.0. The SMILES string of the molecule is CC(C)c1nc2c(c(-c3ccc(F)cc3)c1CC(F)c1ccc(C(F)(F)F)cc1)C(O)C([N+](=O)[O-])C(C)C2. The third-order valence-electron chi connectivity index (χ3n) is 7.07. The Morgan fingerprint density at radius 1 is 1.11 bits per heavy atom. The van der Waals surface area contributed by atoms with Crippen LogP contribution in [-0.4, -0.2) is 21.1 Å². The van der Waals surface area contributed by atoms with Crippen molar-refractivity contribution >= 4 is 0 Å². The molecule has 1 heterocycles. The molecule has 0 saturated carbocycles. The number of aliphatic hydroxyl groups is 1. The maximum absolute atomic E-state index is 15.7. The Balaban J connectivity index is 1.91. The number of benzene rings is 2. The van der Waals surface area contributed by atoms with Crippen LogP contribution in [-0.2, 0) is 19.0 Å². The van der Waals surface area contributed by atoms with Gasteiger partial charge in [-0.05, 0) is 58.9 Å². The number of nitro groups is 1. The van der Waals surface area contributed by atoms with Gasteiger partial charge < -0.3 is 5.11 Å². The van der Waals surface area contributed by atoms with Gasteiger partial charge in [0.2, 0.25) is 6.04 Å². The average molecular weight is 535 g/mol. The first-order valence-corrected chi connectivity index (χ1v) is 12.2. The van der Waals surface area contributed by atoms with Crippen molar-refractivity contribution in [1.82, 2.24) is 4.98 Å². The summed E-state index contributed by atoms with van der Waals surface area (Å²) in [7, 11) is 0. The largest absolute Gasteiger partial charge is 0.416 e. The van der Waals surface area contributed by atoms with E-state index in [2.05, 4.69) is 0 Å². The van der Waals surface area contributed by atoms with Crippen LogP contribution >= 0.6 is 0 Å². The number of fused-ring (bicyclic) bond motifs is 1. The summed E-state index contributed by atoms with van der Waals surface area (Å²) in [5.41, 5.74) is 1.44. The van der Waals surface area contributed by atoms with E-state index in [1.165, 1.54) is 24.3 Å². The van der Waals surface area contributed by atoms with Gasteiger partial charge in [0, 0.05) is 34.2 Å². The molecule has 4 unspecified atom stereocenters. The summed E-state index contributed by atoms with van der Waals surface area (Å²) in [5.74, 6) is -1.25. The molecule has 0 amide bonds. The first kappa shape index (κ1) is 27.6. The summed E-state index contributed by atoms with van der Waals surface area (Å²) in [6.45, 7) is 5.35. The molecule has 2 aromatic carbocycles. The minimum atomic E-state index is -4.56. The molecule has 1 aliphatic rings. The van der Waals surface area contributed by atoms with Crippen molar-refractivity contribution in [2.75, 3.05) is 0 Å². The van der Waals surface area contributed by atoms with Crippen LogP contribution in [0.5, 0.6) is 0 Å². The van der Waals surface area contributed by atoms with Gasteiger partial charge in [-0.25, -0.2) is 8.78 Å². The van der Waals surface area contributed by atoms with Gasteiger partial charge in [0.25, 0.3) is 0 Å². The van der Waals surface area contributed by atoms with Crippen molar-refractivity contribution in [2.45, 2.75) is 64.0 Å². The van der Waals surface area contributed by atoms with Crippen LogP contribution in [0.15, 0.2) is 48.5 Å². The van der Waals surface area contributed by atoms with Crippen molar-refractivity contribution in [3.63, 3.8) is 0 Å². The Morgan fingerprint density at radius 2 is 1.71 bits per heavy atom. The van der Waals surface area contributed by atoms with E-state index in [0.29, 0.717) is 28.1 Å². The normalized spacial score (nSPS) is 20.3. The molecule has 3 aromatic rings.